The van der Waals surface area contributed by atoms with Crippen LogP contribution in [0.5, 0.6) is 0 Å². The van der Waals surface area contributed by atoms with Crippen LogP contribution in [0.1, 0.15) is 57.1 Å². The second-order valence-electron chi connectivity index (χ2n) is 7.67. The van der Waals surface area contributed by atoms with Crippen LogP contribution < -0.4 is 5.32 Å². The Hall–Kier alpha value is -0.940. The van der Waals surface area contributed by atoms with E-state index in [1.165, 1.54) is 58.0 Å². The predicted octanol–water partition coefficient (Wildman–Crippen LogP) is 3.89. The largest absolute Gasteiger partial charge is 0.302 e. The van der Waals surface area contributed by atoms with Crippen molar-refractivity contribution in [3.8, 4) is 0 Å². The highest BCUT2D eigenvalue weighted by Crippen LogP contribution is 2.49. The number of nitrogens with zero attached hydrogens (tertiary/aromatic N) is 2. The standard InChI is InChI=1S/C18H27N3OS/c22-17(10-15-9-13-4-5-14(15)8-13)20-18-19-16(12-23-18)11-21-6-2-1-3-7-21/h12-15H,1-11H2,(H,19,20,22)/t13-,14+,15+/m0/s1. The Labute approximate surface area is 142 Å². The molecule has 0 spiro atoms. The number of anilines is 1. The molecule has 1 aromatic rings. The van der Waals surface area contributed by atoms with Crippen molar-refractivity contribution >= 4 is 22.4 Å². The van der Waals surface area contributed by atoms with E-state index in [0.717, 1.165) is 29.2 Å². The summed E-state index contributed by atoms with van der Waals surface area (Å²) in [7, 11) is 0. The van der Waals surface area contributed by atoms with Crippen LogP contribution in [0.3, 0.4) is 0 Å². The summed E-state index contributed by atoms with van der Waals surface area (Å²) in [6.45, 7) is 3.30. The molecule has 2 heterocycles. The van der Waals surface area contributed by atoms with Gasteiger partial charge in [-0.2, -0.15) is 0 Å². The molecule has 3 aliphatic rings. The highest BCUT2D eigenvalue weighted by atomic mass is 32.1. The number of rotatable bonds is 5. The first kappa shape index (κ1) is 15.6. The van der Waals surface area contributed by atoms with Gasteiger partial charge in [-0.25, -0.2) is 4.98 Å². The Morgan fingerprint density at radius 1 is 1.26 bits per heavy atom. The molecule has 5 heteroatoms. The molecule has 3 fully saturated rings. The molecule has 4 rings (SSSR count). The van der Waals surface area contributed by atoms with Crippen molar-refractivity contribution < 1.29 is 4.79 Å². The molecule has 126 valence electrons. The minimum Gasteiger partial charge on any atom is -0.302 e. The van der Waals surface area contributed by atoms with Gasteiger partial charge in [0.25, 0.3) is 0 Å². The van der Waals surface area contributed by atoms with E-state index < -0.39 is 0 Å². The fraction of sp³-hybridized carbons (Fsp3) is 0.778. The maximum Gasteiger partial charge on any atom is 0.226 e. The van der Waals surface area contributed by atoms with E-state index >= 15 is 0 Å². The van der Waals surface area contributed by atoms with Crippen LogP contribution in [-0.2, 0) is 11.3 Å². The number of amides is 1. The maximum atomic E-state index is 12.3. The summed E-state index contributed by atoms with van der Waals surface area (Å²) in [6.07, 6.45) is 10.1. The second kappa shape index (κ2) is 6.89. The van der Waals surface area contributed by atoms with Crippen molar-refractivity contribution in [2.45, 2.75) is 57.9 Å². The highest BCUT2D eigenvalue weighted by molar-refractivity contribution is 7.13. The van der Waals surface area contributed by atoms with Crippen molar-refractivity contribution in [1.29, 1.82) is 0 Å². The number of carbonyl (C=O) groups is 1. The van der Waals surface area contributed by atoms with Gasteiger partial charge in [0.2, 0.25) is 5.91 Å². The average Bonchev–Trinajstić information content (AvgIpc) is 3.26. The number of piperidine rings is 1. The van der Waals surface area contributed by atoms with E-state index in [-0.39, 0.29) is 5.91 Å². The third kappa shape index (κ3) is 3.77. The first-order chi connectivity index (χ1) is 11.3. The van der Waals surface area contributed by atoms with Gasteiger partial charge >= 0.3 is 0 Å². The summed E-state index contributed by atoms with van der Waals surface area (Å²) in [5, 5.41) is 5.92. The summed E-state index contributed by atoms with van der Waals surface area (Å²) in [4.78, 5) is 19.4. The zero-order valence-electron chi connectivity index (χ0n) is 13.8. The smallest absolute Gasteiger partial charge is 0.226 e. The molecule has 2 saturated carbocycles. The van der Waals surface area contributed by atoms with E-state index in [4.69, 9.17) is 0 Å². The predicted molar refractivity (Wildman–Crippen MR) is 93.4 cm³/mol. The van der Waals surface area contributed by atoms with Crippen LogP contribution in [0, 0.1) is 17.8 Å². The lowest BCUT2D eigenvalue weighted by atomic mass is 9.86. The summed E-state index contributed by atoms with van der Waals surface area (Å²) < 4.78 is 0. The highest BCUT2D eigenvalue weighted by Gasteiger charge is 2.40. The first-order valence-electron chi connectivity index (χ1n) is 9.23. The molecule has 0 aromatic carbocycles. The number of thiazole rings is 1. The van der Waals surface area contributed by atoms with E-state index in [1.807, 2.05) is 0 Å². The first-order valence-corrected chi connectivity index (χ1v) is 10.1. The Kier molecular flexibility index (Phi) is 4.67. The van der Waals surface area contributed by atoms with Gasteiger partial charge in [0.1, 0.15) is 0 Å². The fourth-order valence-electron chi connectivity index (χ4n) is 4.82. The van der Waals surface area contributed by atoms with Crippen molar-refractivity contribution in [2.24, 2.45) is 17.8 Å². The third-order valence-corrected chi connectivity index (χ3v) is 6.77. The van der Waals surface area contributed by atoms with E-state index in [0.29, 0.717) is 12.3 Å². The SMILES string of the molecule is O=C(C[C@H]1C[C@H]2CC[C@@H]1C2)Nc1nc(CN2CCCCC2)cs1. The monoisotopic (exact) mass is 333 g/mol. The number of nitrogens with one attached hydrogen (secondary N) is 1. The molecule has 2 bridgehead atoms. The molecule has 23 heavy (non-hydrogen) atoms. The molecule has 0 radical (unpaired) electrons. The van der Waals surface area contributed by atoms with Gasteiger partial charge < -0.3 is 5.32 Å². The quantitative estimate of drug-likeness (QED) is 0.889. The fourth-order valence-corrected chi connectivity index (χ4v) is 5.54. The van der Waals surface area contributed by atoms with Gasteiger partial charge in [-0.15, -0.1) is 11.3 Å². The summed E-state index contributed by atoms with van der Waals surface area (Å²) in [5.41, 5.74) is 1.10. The molecular weight excluding hydrogens is 306 g/mol. The van der Waals surface area contributed by atoms with E-state index in [1.54, 1.807) is 11.3 Å². The molecule has 1 saturated heterocycles. The van der Waals surface area contributed by atoms with Crippen LogP contribution in [-0.4, -0.2) is 28.9 Å². The van der Waals surface area contributed by atoms with Crippen LogP contribution in [0.4, 0.5) is 5.13 Å². The molecule has 1 N–H and O–H groups in total. The lowest BCUT2D eigenvalue weighted by Gasteiger charge is -2.25. The summed E-state index contributed by atoms with van der Waals surface area (Å²) >= 11 is 1.57. The maximum absolute atomic E-state index is 12.3. The zero-order chi connectivity index (χ0) is 15.6. The molecule has 0 unspecified atom stereocenters. The molecule has 2 aliphatic carbocycles. The zero-order valence-corrected chi connectivity index (χ0v) is 14.6. The number of aromatic nitrogens is 1. The van der Waals surface area contributed by atoms with Gasteiger partial charge in [-0.1, -0.05) is 12.8 Å². The van der Waals surface area contributed by atoms with Crippen LogP contribution in [0.15, 0.2) is 5.38 Å². The normalized spacial score (nSPS) is 30.7. The molecule has 1 aromatic heterocycles. The number of fused-ring (bicyclic) bond motifs is 2. The third-order valence-electron chi connectivity index (χ3n) is 5.96. The van der Waals surface area contributed by atoms with E-state index in [2.05, 4.69) is 20.6 Å². The lowest BCUT2D eigenvalue weighted by molar-refractivity contribution is -0.117. The number of likely N-dealkylation sites (tertiary alicyclic amines) is 1. The van der Waals surface area contributed by atoms with Gasteiger partial charge in [0.15, 0.2) is 5.13 Å². The van der Waals surface area contributed by atoms with Gasteiger partial charge in [0, 0.05) is 18.3 Å². The summed E-state index contributed by atoms with van der Waals surface area (Å²) in [5.74, 6) is 2.52. The van der Waals surface area contributed by atoms with Crippen LogP contribution in [0.2, 0.25) is 0 Å². The Bertz CT molecular complexity index is 552. The van der Waals surface area contributed by atoms with Gasteiger partial charge in [0.05, 0.1) is 5.69 Å². The average molecular weight is 334 g/mol. The number of carbonyl (C=O) groups excluding carboxylic acids is 1. The number of hydrogen-bond donors (Lipinski definition) is 1. The molecule has 1 aliphatic heterocycles. The molecule has 1 amide bonds. The summed E-state index contributed by atoms with van der Waals surface area (Å²) in [6, 6.07) is 0. The second-order valence-corrected chi connectivity index (χ2v) is 8.53. The number of hydrogen-bond acceptors (Lipinski definition) is 4. The van der Waals surface area contributed by atoms with Gasteiger partial charge in [-0.05, 0) is 62.9 Å². The Balaban J connectivity index is 1.26. The van der Waals surface area contributed by atoms with Gasteiger partial charge in [-0.3, -0.25) is 9.69 Å². The van der Waals surface area contributed by atoms with Crippen LogP contribution >= 0.6 is 11.3 Å². The van der Waals surface area contributed by atoms with E-state index in [9.17, 15) is 4.79 Å². The van der Waals surface area contributed by atoms with Crippen molar-refractivity contribution in [3.05, 3.63) is 11.1 Å². The molecular formula is C18H27N3OS. The lowest BCUT2D eigenvalue weighted by Crippen LogP contribution is -2.29. The molecule has 4 nitrogen and oxygen atoms in total. The minimum absolute atomic E-state index is 0.168. The Morgan fingerprint density at radius 3 is 2.87 bits per heavy atom. The van der Waals surface area contributed by atoms with Crippen LogP contribution in [0.25, 0.3) is 0 Å². The topological polar surface area (TPSA) is 45.2 Å². The minimum atomic E-state index is 0.168. The van der Waals surface area contributed by atoms with Crippen molar-refractivity contribution in [2.75, 3.05) is 18.4 Å². The molecule has 3 atom stereocenters. The van der Waals surface area contributed by atoms with Crippen molar-refractivity contribution in [1.82, 2.24) is 9.88 Å². The Morgan fingerprint density at radius 2 is 2.13 bits per heavy atom. The van der Waals surface area contributed by atoms with Crippen molar-refractivity contribution in [3.63, 3.8) is 0 Å².